The summed E-state index contributed by atoms with van der Waals surface area (Å²) >= 11 is 0. The largest absolute Gasteiger partial charge is 0.351 e. The fraction of sp³-hybridized carbons (Fsp3) is 0.462. The van der Waals surface area contributed by atoms with Crippen molar-refractivity contribution >= 4 is 28.2 Å². The molecular formula is C13H19ClN2O3S. The molecule has 1 heterocycles. The number of sulfone groups is 1. The lowest BCUT2D eigenvalue weighted by atomic mass is 10.1. The van der Waals surface area contributed by atoms with E-state index in [-0.39, 0.29) is 36.4 Å². The lowest BCUT2D eigenvalue weighted by Gasteiger charge is -2.06. The Bertz CT molecular complexity index is 587. The van der Waals surface area contributed by atoms with Crippen LogP contribution in [0.25, 0.3) is 0 Å². The molecule has 0 spiro atoms. The van der Waals surface area contributed by atoms with Gasteiger partial charge in [0.05, 0.1) is 5.75 Å². The quantitative estimate of drug-likeness (QED) is 0.845. The molecule has 1 aromatic rings. The van der Waals surface area contributed by atoms with Gasteiger partial charge in [-0.2, -0.15) is 0 Å². The van der Waals surface area contributed by atoms with Crippen LogP contribution in [0, 0.1) is 0 Å². The maximum absolute atomic E-state index is 11.9. The SMILES string of the molecule is CCS(=O)(=O)CCNC(=O)c1ccc2c(c1)CNC2.Cl. The number of fused-ring (bicyclic) bond motifs is 1. The number of hydrogen-bond donors (Lipinski definition) is 2. The summed E-state index contributed by atoms with van der Waals surface area (Å²) < 4.78 is 22.6. The highest BCUT2D eigenvalue weighted by Gasteiger charge is 2.14. The van der Waals surface area contributed by atoms with E-state index < -0.39 is 9.84 Å². The number of nitrogens with one attached hydrogen (secondary N) is 2. The number of rotatable bonds is 5. The van der Waals surface area contributed by atoms with Gasteiger partial charge in [0, 0.05) is 31.0 Å². The Morgan fingerprint density at radius 1 is 1.30 bits per heavy atom. The van der Waals surface area contributed by atoms with E-state index >= 15 is 0 Å². The molecule has 112 valence electrons. The van der Waals surface area contributed by atoms with E-state index in [1.165, 1.54) is 5.56 Å². The highest BCUT2D eigenvalue weighted by molar-refractivity contribution is 7.91. The monoisotopic (exact) mass is 318 g/mol. The minimum Gasteiger partial charge on any atom is -0.351 e. The van der Waals surface area contributed by atoms with Crippen LogP contribution >= 0.6 is 12.4 Å². The fourth-order valence-corrected chi connectivity index (χ4v) is 2.70. The summed E-state index contributed by atoms with van der Waals surface area (Å²) in [6, 6.07) is 5.57. The third kappa shape index (κ3) is 4.19. The van der Waals surface area contributed by atoms with Crippen molar-refractivity contribution < 1.29 is 13.2 Å². The van der Waals surface area contributed by atoms with E-state index in [1.54, 1.807) is 13.0 Å². The number of amides is 1. The normalized spacial score (nSPS) is 13.4. The fourth-order valence-electron chi connectivity index (χ4n) is 2.00. The second kappa shape index (κ2) is 7.06. The molecule has 2 rings (SSSR count). The molecule has 1 amide bonds. The summed E-state index contributed by atoms with van der Waals surface area (Å²) in [5.41, 5.74) is 2.93. The first-order chi connectivity index (χ1) is 9.02. The molecular weight excluding hydrogens is 300 g/mol. The molecule has 5 nitrogen and oxygen atoms in total. The zero-order valence-corrected chi connectivity index (χ0v) is 12.9. The molecule has 1 aliphatic rings. The van der Waals surface area contributed by atoms with Crippen LogP contribution in [-0.4, -0.2) is 32.4 Å². The van der Waals surface area contributed by atoms with Gasteiger partial charge in [0.15, 0.2) is 9.84 Å². The van der Waals surface area contributed by atoms with Gasteiger partial charge >= 0.3 is 0 Å². The Morgan fingerprint density at radius 3 is 2.70 bits per heavy atom. The van der Waals surface area contributed by atoms with Gasteiger partial charge in [-0.25, -0.2) is 8.42 Å². The van der Waals surface area contributed by atoms with Gasteiger partial charge in [0.1, 0.15) is 0 Å². The summed E-state index contributed by atoms with van der Waals surface area (Å²) in [6.07, 6.45) is 0. The first kappa shape index (κ1) is 16.9. The smallest absolute Gasteiger partial charge is 0.251 e. The number of carbonyl (C=O) groups is 1. The number of benzene rings is 1. The Balaban J connectivity index is 0.00000200. The second-order valence-electron chi connectivity index (χ2n) is 4.58. The first-order valence-electron chi connectivity index (χ1n) is 6.33. The summed E-state index contributed by atoms with van der Waals surface area (Å²) in [6.45, 7) is 3.38. The molecule has 20 heavy (non-hydrogen) atoms. The van der Waals surface area contributed by atoms with Crippen LogP contribution in [0.1, 0.15) is 28.4 Å². The second-order valence-corrected chi connectivity index (χ2v) is 7.05. The van der Waals surface area contributed by atoms with E-state index in [2.05, 4.69) is 10.6 Å². The van der Waals surface area contributed by atoms with Crippen LogP contribution in [-0.2, 0) is 22.9 Å². The molecule has 0 aliphatic carbocycles. The number of halogens is 1. The molecule has 0 radical (unpaired) electrons. The van der Waals surface area contributed by atoms with Crippen LogP contribution in [0.3, 0.4) is 0 Å². The van der Waals surface area contributed by atoms with E-state index in [4.69, 9.17) is 0 Å². The zero-order chi connectivity index (χ0) is 13.9. The Kier molecular flexibility index (Phi) is 5.98. The van der Waals surface area contributed by atoms with E-state index in [0.29, 0.717) is 5.56 Å². The van der Waals surface area contributed by atoms with E-state index in [1.807, 2.05) is 12.1 Å². The topological polar surface area (TPSA) is 75.3 Å². The summed E-state index contributed by atoms with van der Waals surface area (Å²) in [4.78, 5) is 11.9. The Morgan fingerprint density at radius 2 is 2.00 bits per heavy atom. The van der Waals surface area contributed by atoms with Crippen molar-refractivity contribution in [2.24, 2.45) is 0 Å². The Hall–Kier alpha value is -1.11. The van der Waals surface area contributed by atoms with E-state index in [0.717, 1.165) is 18.7 Å². The predicted octanol–water partition coefficient (Wildman–Crippen LogP) is 0.876. The summed E-state index contributed by atoms with van der Waals surface area (Å²) in [7, 11) is -3.03. The summed E-state index contributed by atoms with van der Waals surface area (Å²) in [5, 5.41) is 5.86. The molecule has 0 unspecified atom stereocenters. The van der Waals surface area contributed by atoms with E-state index in [9.17, 15) is 13.2 Å². The van der Waals surface area contributed by atoms with Crippen molar-refractivity contribution in [1.82, 2.24) is 10.6 Å². The molecule has 0 fully saturated rings. The van der Waals surface area contributed by atoms with Gasteiger partial charge in [-0.3, -0.25) is 4.79 Å². The van der Waals surface area contributed by atoms with Crippen LogP contribution < -0.4 is 10.6 Å². The molecule has 0 bridgehead atoms. The summed E-state index contributed by atoms with van der Waals surface area (Å²) in [5.74, 6) is -0.129. The van der Waals surface area contributed by atoms with Crippen molar-refractivity contribution in [3.8, 4) is 0 Å². The zero-order valence-electron chi connectivity index (χ0n) is 11.3. The van der Waals surface area contributed by atoms with Crippen LogP contribution in [0.2, 0.25) is 0 Å². The van der Waals surface area contributed by atoms with Gasteiger partial charge < -0.3 is 10.6 Å². The van der Waals surface area contributed by atoms with Gasteiger partial charge in [0.25, 0.3) is 5.91 Å². The number of carbonyl (C=O) groups excluding carboxylic acids is 1. The maximum atomic E-state index is 11.9. The first-order valence-corrected chi connectivity index (χ1v) is 8.15. The van der Waals surface area contributed by atoms with Crippen molar-refractivity contribution in [3.63, 3.8) is 0 Å². The average Bonchev–Trinajstić information content (AvgIpc) is 2.85. The van der Waals surface area contributed by atoms with Gasteiger partial charge in [-0.1, -0.05) is 13.0 Å². The molecule has 7 heteroatoms. The molecule has 0 saturated carbocycles. The van der Waals surface area contributed by atoms with Crippen LogP contribution in [0.4, 0.5) is 0 Å². The highest BCUT2D eigenvalue weighted by Crippen LogP contribution is 2.16. The maximum Gasteiger partial charge on any atom is 0.251 e. The van der Waals surface area contributed by atoms with Crippen molar-refractivity contribution in [2.45, 2.75) is 20.0 Å². The minimum atomic E-state index is -3.03. The molecule has 0 atom stereocenters. The molecule has 2 N–H and O–H groups in total. The van der Waals surface area contributed by atoms with Gasteiger partial charge in [-0.15, -0.1) is 12.4 Å². The van der Waals surface area contributed by atoms with Crippen LogP contribution in [0.15, 0.2) is 18.2 Å². The lowest BCUT2D eigenvalue weighted by molar-refractivity contribution is 0.0956. The third-order valence-electron chi connectivity index (χ3n) is 3.24. The average molecular weight is 319 g/mol. The Labute approximate surface area is 125 Å². The minimum absolute atomic E-state index is 0. The lowest BCUT2D eigenvalue weighted by Crippen LogP contribution is -2.29. The van der Waals surface area contributed by atoms with Crippen molar-refractivity contribution in [2.75, 3.05) is 18.1 Å². The van der Waals surface area contributed by atoms with Crippen LogP contribution in [0.5, 0.6) is 0 Å². The third-order valence-corrected chi connectivity index (χ3v) is 4.94. The number of hydrogen-bond acceptors (Lipinski definition) is 4. The predicted molar refractivity (Wildman–Crippen MR) is 80.9 cm³/mol. The molecule has 1 aromatic carbocycles. The molecule has 0 saturated heterocycles. The van der Waals surface area contributed by atoms with Gasteiger partial charge in [-0.05, 0) is 23.3 Å². The van der Waals surface area contributed by atoms with Gasteiger partial charge in [0.2, 0.25) is 0 Å². The standard InChI is InChI=1S/C13H18N2O3S.ClH/c1-2-19(17,18)6-5-15-13(16)10-3-4-11-8-14-9-12(11)7-10;/h3-4,7,14H,2,5-6,8-9H2,1H3,(H,15,16);1H. The molecule has 1 aliphatic heterocycles. The molecule has 0 aromatic heterocycles. The van der Waals surface area contributed by atoms with Crippen molar-refractivity contribution in [3.05, 3.63) is 34.9 Å². The highest BCUT2D eigenvalue weighted by atomic mass is 35.5. The van der Waals surface area contributed by atoms with Crippen molar-refractivity contribution in [1.29, 1.82) is 0 Å².